The number of halogens is 1. The lowest BCUT2D eigenvalue weighted by Crippen LogP contribution is -2.45. The van der Waals surface area contributed by atoms with Crippen LogP contribution in [-0.4, -0.2) is 40.4 Å². The van der Waals surface area contributed by atoms with Crippen LogP contribution < -0.4 is 9.64 Å². The highest BCUT2D eigenvalue weighted by Gasteiger charge is 2.31. The van der Waals surface area contributed by atoms with E-state index in [-0.39, 0.29) is 0 Å². The first-order valence-electron chi connectivity index (χ1n) is 6.98. The van der Waals surface area contributed by atoms with E-state index in [2.05, 4.69) is 25.1 Å². The standard InChI is InChI=1S/C15H14ClN5O/c1-22-14-5-13-10(4-11(14)16)15(18-8-17-13)21-6-9(7-21)12-2-3-19-20-12/h2-5,8-9H,6-7H2,1H3,(H,19,20). The summed E-state index contributed by atoms with van der Waals surface area (Å²) in [6, 6.07) is 5.73. The fourth-order valence-electron chi connectivity index (χ4n) is 2.79. The number of hydrogen-bond donors (Lipinski definition) is 1. The Hall–Kier alpha value is -2.34. The van der Waals surface area contributed by atoms with Crippen LogP contribution in [0.3, 0.4) is 0 Å². The van der Waals surface area contributed by atoms with Gasteiger partial charge in [0.1, 0.15) is 17.9 Å². The molecule has 22 heavy (non-hydrogen) atoms. The number of methoxy groups -OCH3 is 1. The van der Waals surface area contributed by atoms with E-state index in [1.165, 1.54) is 0 Å². The van der Waals surface area contributed by atoms with Crippen LogP contribution >= 0.6 is 11.6 Å². The van der Waals surface area contributed by atoms with Gasteiger partial charge < -0.3 is 9.64 Å². The Labute approximate surface area is 132 Å². The quantitative estimate of drug-likeness (QED) is 0.804. The fourth-order valence-corrected chi connectivity index (χ4v) is 3.04. The van der Waals surface area contributed by atoms with Crippen LogP contribution in [0.5, 0.6) is 5.75 Å². The maximum absolute atomic E-state index is 6.24. The molecule has 2 aromatic heterocycles. The SMILES string of the molecule is COc1cc2ncnc(N3CC(c4ccn[nH]4)C3)c2cc1Cl. The number of hydrogen-bond acceptors (Lipinski definition) is 5. The number of nitrogens with one attached hydrogen (secondary N) is 1. The summed E-state index contributed by atoms with van der Waals surface area (Å²) in [6.07, 6.45) is 3.36. The second-order valence-corrected chi connectivity index (χ2v) is 5.72. The third-order valence-electron chi connectivity index (χ3n) is 4.03. The highest BCUT2D eigenvalue weighted by atomic mass is 35.5. The molecule has 1 aliphatic rings. The molecule has 0 radical (unpaired) electrons. The highest BCUT2D eigenvalue weighted by molar-refractivity contribution is 6.33. The van der Waals surface area contributed by atoms with E-state index < -0.39 is 0 Å². The molecule has 0 spiro atoms. The van der Waals surface area contributed by atoms with Gasteiger partial charge in [0.15, 0.2) is 0 Å². The average Bonchev–Trinajstić information content (AvgIpc) is 2.99. The van der Waals surface area contributed by atoms with Crippen LogP contribution in [-0.2, 0) is 0 Å². The number of H-pyrrole nitrogens is 1. The third-order valence-corrected chi connectivity index (χ3v) is 4.33. The Morgan fingerprint density at radius 3 is 2.91 bits per heavy atom. The van der Waals surface area contributed by atoms with Crippen molar-refractivity contribution in [1.29, 1.82) is 0 Å². The molecule has 112 valence electrons. The average molecular weight is 316 g/mol. The largest absolute Gasteiger partial charge is 0.495 e. The summed E-state index contributed by atoms with van der Waals surface area (Å²) in [5.74, 6) is 1.99. The van der Waals surface area contributed by atoms with Crippen molar-refractivity contribution in [3.8, 4) is 5.75 Å². The van der Waals surface area contributed by atoms with E-state index >= 15 is 0 Å². The first kappa shape index (κ1) is 13.3. The van der Waals surface area contributed by atoms with Crippen molar-refractivity contribution in [2.45, 2.75) is 5.92 Å². The van der Waals surface area contributed by atoms with E-state index in [1.807, 2.05) is 18.2 Å². The van der Waals surface area contributed by atoms with Crippen LogP contribution in [0.2, 0.25) is 5.02 Å². The number of ether oxygens (including phenoxy) is 1. The summed E-state index contributed by atoms with van der Waals surface area (Å²) in [5.41, 5.74) is 1.99. The molecule has 0 bridgehead atoms. The maximum Gasteiger partial charge on any atom is 0.139 e. The summed E-state index contributed by atoms with van der Waals surface area (Å²) < 4.78 is 5.24. The zero-order chi connectivity index (χ0) is 15.1. The van der Waals surface area contributed by atoms with Gasteiger partial charge in [0, 0.05) is 42.4 Å². The molecule has 4 rings (SSSR count). The molecule has 1 saturated heterocycles. The van der Waals surface area contributed by atoms with Crippen LogP contribution in [0.4, 0.5) is 5.82 Å². The summed E-state index contributed by atoms with van der Waals surface area (Å²) in [6.45, 7) is 1.80. The molecule has 0 saturated carbocycles. The van der Waals surface area contributed by atoms with E-state index in [0.29, 0.717) is 16.7 Å². The van der Waals surface area contributed by atoms with Gasteiger partial charge in [0.05, 0.1) is 17.6 Å². The third kappa shape index (κ3) is 2.07. The minimum atomic E-state index is 0.459. The Bertz CT molecular complexity index is 814. The number of rotatable bonds is 3. The van der Waals surface area contributed by atoms with Gasteiger partial charge in [0.25, 0.3) is 0 Å². The molecule has 0 unspecified atom stereocenters. The van der Waals surface area contributed by atoms with Crippen LogP contribution in [0.1, 0.15) is 11.6 Å². The lowest BCUT2D eigenvalue weighted by molar-refractivity contribution is 0.415. The van der Waals surface area contributed by atoms with E-state index in [9.17, 15) is 0 Å². The molecule has 1 fully saturated rings. The van der Waals surface area contributed by atoms with Gasteiger partial charge in [0.2, 0.25) is 0 Å². The number of aromatic nitrogens is 4. The molecule has 1 aliphatic heterocycles. The van der Waals surface area contributed by atoms with Crippen molar-refractivity contribution < 1.29 is 4.74 Å². The molecule has 7 heteroatoms. The smallest absolute Gasteiger partial charge is 0.139 e. The number of aromatic amines is 1. The number of nitrogens with zero attached hydrogens (tertiary/aromatic N) is 4. The van der Waals surface area contributed by atoms with E-state index in [4.69, 9.17) is 16.3 Å². The first-order chi connectivity index (χ1) is 10.8. The van der Waals surface area contributed by atoms with Crippen LogP contribution in [0, 0.1) is 0 Å². The van der Waals surface area contributed by atoms with Crippen molar-refractivity contribution in [3.63, 3.8) is 0 Å². The first-order valence-corrected chi connectivity index (χ1v) is 7.36. The van der Waals surface area contributed by atoms with Gasteiger partial charge in [-0.15, -0.1) is 0 Å². The number of fused-ring (bicyclic) bond motifs is 1. The fraction of sp³-hybridized carbons (Fsp3) is 0.267. The van der Waals surface area contributed by atoms with Crippen molar-refractivity contribution in [2.75, 3.05) is 25.1 Å². The Kier molecular flexibility index (Phi) is 3.11. The van der Waals surface area contributed by atoms with Gasteiger partial charge in [-0.05, 0) is 12.1 Å². The minimum absolute atomic E-state index is 0.459. The molecule has 1 N–H and O–H groups in total. The highest BCUT2D eigenvalue weighted by Crippen LogP contribution is 2.36. The zero-order valence-electron chi connectivity index (χ0n) is 12.0. The molecule has 0 aliphatic carbocycles. The lowest BCUT2D eigenvalue weighted by Gasteiger charge is -2.40. The summed E-state index contributed by atoms with van der Waals surface area (Å²) in [7, 11) is 1.60. The van der Waals surface area contributed by atoms with Gasteiger partial charge in [-0.2, -0.15) is 5.10 Å². The molecule has 6 nitrogen and oxygen atoms in total. The van der Waals surface area contributed by atoms with Crippen LogP contribution in [0.15, 0.2) is 30.7 Å². The van der Waals surface area contributed by atoms with Crippen LogP contribution in [0.25, 0.3) is 10.9 Å². The topological polar surface area (TPSA) is 66.9 Å². The Morgan fingerprint density at radius 2 is 2.18 bits per heavy atom. The van der Waals surface area contributed by atoms with Gasteiger partial charge in [-0.1, -0.05) is 11.6 Å². The minimum Gasteiger partial charge on any atom is -0.495 e. The van der Waals surface area contributed by atoms with E-state index in [1.54, 1.807) is 19.6 Å². The Balaban J connectivity index is 1.67. The monoisotopic (exact) mass is 315 g/mol. The number of benzene rings is 1. The maximum atomic E-state index is 6.24. The molecular formula is C15H14ClN5O. The predicted molar refractivity (Wildman–Crippen MR) is 84.6 cm³/mol. The summed E-state index contributed by atoms with van der Waals surface area (Å²) >= 11 is 6.24. The van der Waals surface area contributed by atoms with Crippen molar-refractivity contribution >= 4 is 28.3 Å². The van der Waals surface area contributed by atoms with Gasteiger partial charge in [-0.25, -0.2) is 9.97 Å². The number of anilines is 1. The lowest BCUT2D eigenvalue weighted by atomic mass is 9.96. The predicted octanol–water partition coefficient (Wildman–Crippen LogP) is 2.62. The second-order valence-electron chi connectivity index (χ2n) is 5.32. The molecule has 1 aromatic carbocycles. The second kappa shape index (κ2) is 5.14. The van der Waals surface area contributed by atoms with Crippen molar-refractivity contribution in [1.82, 2.24) is 20.2 Å². The van der Waals surface area contributed by atoms with Gasteiger partial charge >= 0.3 is 0 Å². The van der Waals surface area contributed by atoms with Crippen molar-refractivity contribution in [3.05, 3.63) is 41.4 Å². The van der Waals surface area contributed by atoms with Crippen molar-refractivity contribution in [2.24, 2.45) is 0 Å². The van der Waals surface area contributed by atoms with E-state index in [0.717, 1.165) is 35.5 Å². The van der Waals surface area contributed by atoms with Gasteiger partial charge in [-0.3, -0.25) is 5.10 Å². The molecule has 0 amide bonds. The zero-order valence-corrected chi connectivity index (χ0v) is 12.7. The Morgan fingerprint density at radius 1 is 1.32 bits per heavy atom. The molecule has 0 atom stereocenters. The normalized spacial score (nSPS) is 15.1. The summed E-state index contributed by atoms with van der Waals surface area (Å²) in [5, 5.41) is 8.54. The molecular weight excluding hydrogens is 302 g/mol. The molecule has 3 aromatic rings. The summed E-state index contributed by atoms with van der Waals surface area (Å²) in [4.78, 5) is 11.0. The molecule has 3 heterocycles.